The van der Waals surface area contributed by atoms with Crippen LogP contribution in [0.2, 0.25) is 0 Å². The lowest BCUT2D eigenvalue weighted by molar-refractivity contribution is -0.147. The Labute approximate surface area is 161 Å². The molecule has 0 unspecified atom stereocenters. The second-order valence-corrected chi connectivity index (χ2v) is 8.96. The lowest BCUT2D eigenvalue weighted by Gasteiger charge is -2.19. The molecule has 0 bridgehead atoms. The van der Waals surface area contributed by atoms with Crippen LogP contribution in [-0.4, -0.2) is 49.3 Å². The summed E-state index contributed by atoms with van der Waals surface area (Å²) in [5.74, 6) is -1.05. The summed E-state index contributed by atoms with van der Waals surface area (Å²) < 4.78 is 26.3. The molecule has 2 N–H and O–H groups in total. The van der Waals surface area contributed by atoms with E-state index < -0.39 is 21.4 Å². The zero-order valence-electron chi connectivity index (χ0n) is 16.5. The number of hydrogen-bond acceptors (Lipinski definition) is 4. The van der Waals surface area contributed by atoms with Crippen molar-refractivity contribution in [3.63, 3.8) is 0 Å². The molecule has 27 heavy (non-hydrogen) atoms. The smallest absolute Gasteiger partial charge is 0.309 e. The summed E-state index contributed by atoms with van der Waals surface area (Å²) in [5, 5.41) is 11.8. The Morgan fingerprint density at radius 2 is 1.67 bits per heavy atom. The molecule has 0 aliphatic heterocycles. The molecule has 0 fully saturated rings. The van der Waals surface area contributed by atoms with Crippen LogP contribution >= 0.6 is 0 Å². The van der Waals surface area contributed by atoms with E-state index in [1.807, 2.05) is 0 Å². The van der Waals surface area contributed by atoms with E-state index in [1.165, 1.54) is 4.31 Å². The summed E-state index contributed by atoms with van der Waals surface area (Å²) >= 11 is 0. The number of nitrogens with one attached hydrogen (secondary N) is 1. The highest BCUT2D eigenvalue weighted by molar-refractivity contribution is 7.89. The van der Waals surface area contributed by atoms with Crippen LogP contribution in [-0.2, 0) is 26.0 Å². The van der Waals surface area contributed by atoms with Crippen LogP contribution < -0.4 is 5.32 Å². The van der Waals surface area contributed by atoms with Gasteiger partial charge in [-0.25, -0.2) is 8.42 Å². The monoisotopic (exact) mass is 398 g/mol. The lowest BCUT2D eigenvalue weighted by atomic mass is 9.90. The summed E-state index contributed by atoms with van der Waals surface area (Å²) in [6.45, 7) is 7.97. The number of sulfonamides is 1. The molecule has 1 aromatic rings. The molecule has 1 amide bonds. The van der Waals surface area contributed by atoms with Crippen molar-refractivity contribution in [3.05, 3.63) is 29.8 Å². The average Bonchev–Trinajstić information content (AvgIpc) is 2.61. The van der Waals surface area contributed by atoms with Gasteiger partial charge in [-0.05, 0) is 44.4 Å². The van der Waals surface area contributed by atoms with Crippen LogP contribution in [0.15, 0.2) is 29.2 Å². The van der Waals surface area contributed by atoms with E-state index in [4.69, 9.17) is 5.11 Å². The molecule has 1 rings (SSSR count). The van der Waals surface area contributed by atoms with Crippen LogP contribution in [0.5, 0.6) is 0 Å². The second kappa shape index (κ2) is 9.85. The third kappa shape index (κ3) is 6.62. The van der Waals surface area contributed by atoms with Gasteiger partial charge in [-0.3, -0.25) is 9.59 Å². The maximum absolute atomic E-state index is 12.4. The molecule has 0 heterocycles. The maximum atomic E-state index is 12.4. The highest BCUT2D eigenvalue weighted by atomic mass is 32.2. The molecule has 0 aromatic heterocycles. The zero-order chi connectivity index (χ0) is 20.7. The molecule has 8 heteroatoms. The predicted molar refractivity (Wildman–Crippen MR) is 104 cm³/mol. The summed E-state index contributed by atoms with van der Waals surface area (Å²) in [4.78, 5) is 23.2. The number of rotatable bonds is 11. The standard InChI is InChI=1S/C19H30N2O5S/c1-5-21(6-2)27(25,26)16-10-7-15(8-11-16)9-12-17(22)20-14-13-19(3,4)18(23)24/h7-8,10-11H,5-6,9,12-14H2,1-4H3,(H,20,22)(H,23,24). The first-order valence-corrected chi connectivity index (χ1v) is 10.6. The van der Waals surface area contributed by atoms with Crippen molar-refractivity contribution < 1.29 is 23.1 Å². The number of carboxylic acid groups (broad SMARTS) is 1. The van der Waals surface area contributed by atoms with Crippen molar-refractivity contribution in [3.8, 4) is 0 Å². The van der Waals surface area contributed by atoms with E-state index in [1.54, 1.807) is 52.0 Å². The molecule has 0 saturated heterocycles. The minimum absolute atomic E-state index is 0.156. The van der Waals surface area contributed by atoms with Crippen LogP contribution in [0.4, 0.5) is 0 Å². The molecule has 0 aliphatic rings. The van der Waals surface area contributed by atoms with Gasteiger partial charge >= 0.3 is 5.97 Å². The van der Waals surface area contributed by atoms with Crippen LogP contribution in [0.3, 0.4) is 0 Å². The van der Waals surface area contributed by atoms with Gasteiger partial charge in [0.2, 0.25) is 15.9 Å². The van der Waals surface area contributed by atoms with Gasteiger partial charge in [-0.15, -0.1) is 0 Å². The number of aryl methyl sites for hydroxylation is 1. The number of benzene rings is 1. The minimum atomic E-state index is -3.48. The van der Waals surface area contributed by atoms with Gasteiger partial charge < -0.3 is 10.4 Å². The van der Waals surface area contributed by atoms with Crippen molar-refractivity contribution in [2.75, 3.05) is 19.6 Å². The fourth-order valence-corrected chi connectivity index (χ4v) is 3.97. The average molecular weight is 399 g/mol. The number of hydrogen-bond donors (Lipinski definition) is 2. The summed E-state index contributed by atoms with van der Waals surface area (Å²) in [6, 6.07) is 6.57. The Hall–Kier alpha value is -1.93. The van der Waals surface area contributed by atoms with Gasteiger partial charge in [0.25, 0.3) is 0 Å². The number of carboxylic acids is 1. The topological polar surface area (TPSA) is 104 Å². The number of aliphatic carboxylic acids is 1. The summed E-state index contributed by atoms with van der Waals surface area (Å²) in [7, 11) is -3.48. The molecule has 0 saturated carbocycles. The van der Waals surface area contributed by atoms with E-state index in [0.29, 0.717) is 32.5 Å². The number of nitrogens with zero attached hydrogens (tertiary/aromatic N) is 1. The molecule has 152 valence electrons. The van der Waals surface area contributed by atoms with Crippen LogP contribution in [0.25, 0.3) is 0 Å². The van der Waals surface area contributed by atoms with Gasteiger partial charge in [-0.1, -0.05) is 26.0 Å². The van der Waals surface area contributed by atoms with Crippen LogP contribution in [0, 0.1) is 5.41 Å². The SMILES string of the molecule is CCN(CC)S(=O)(=O)c1ccc(CCC(=O)NCCC(C)(C)C(=O)O)cc1. The first-order chi connectivity index (χ1) is 12.5. The van der Waals surface area contributed by atoms with Gasteiger partial charge in [0, 0.05) is 26.1 Å². The molecule has 0 radical (unpaired) electrons. The molecule has 0 spiro atoms. The highest BCUT2D eigenvalue weighted by Gasteiger charge is 2.26. The Morgan fingerprint density at radius 3 is 2.15 bits per heavy atom. The highest BCUT2D eigenvalue weighted by Crippen LogP contribution is 2.19. The van der Waals surface area contributed by atoms with Gasteiger partial charge in [0.15, 0.2) is 0 Å². The van der Waals surface area contributed by atoms with E-state index in [0.717, 1.165) is 5.56 Å². The fraction of sp³-hybridized carbons (Fsp3) is 0.579. The van der Waals surface area contributed by atoms with Gasteiger partial charge in [-0.2, -0.15) is 4.31 Å². The zero-order valence-corrected chi connectivity index (χ0v) is 17.3. The van der Waals surface area contributed by atoms with Crippen molar-refractivity contribution in [1.29, 1.82) is 0 Å². The number of carbonyl (C=O) groups is 2. The molecule has 0 atom stereocenters. The molecule has 0 aliphatic carbocycles. The Morgan fingerprint density at radius 1 is 1.11 bits per heavy atom. The van der Waals surface area contributed by atoms with E-state index in [-0.39, 0.29) is 17.2 Å². The Bertz CT molecular complexity index is 738. The quantitative estimate of drug-likeness (QED) is 0.595. The van der Waals surface area contributed by atoms with Gasteiger partial charge in [0.1, 0.15) is 0 Å². The largest absolute Gasteiger partial charge is 0.481 e. The Kier molecular flexibility index (Phi) is 8.43. The predicted octanol–water partition coefficient (Wildman–Crippen LogP) is 2.27. The summed E-state index contributed by atoms with van der Waals surface area (Å²) in [5.41, 5.74) is -0.00561. The normalized spacial score (nSPS) is 12.2. The third-order valence-corrected chi connectivity index (χ3v) is 6.62. The van der Waals surface area contributed by atoms with Crippen molar-refractivity contribution >= 4 is 21.9 Å². The first kappa shape index (κ1) is 23.1. The lowest BCUT2D eigenvalue weighted by Crippen LogP contribution is -2.32. The third-order valence-electron chi connectivity index (χ3n) is 4.56. The number of amides is 1. The molecule has 1 aromatic carbocycles. The van der Waals surface area contributed by atoms with Crippen LogP contribution in [0.1, 0.15) is 46.1 Å². The second-order valence-electron chi connectivity index (χ2n) is 7.02. The first-order valence-electron chi connectivity index (χ1n) is 9.13. The summed E-state index contributed by atoms with van der Waals surface area (Å²) in [6.07, 6.45) is 1.10. The van der Waals surface area contributed by atoms with E-state index >= 15 is 0 Å². The maximum Gasteiger partial charge on any atom is 0.309 e. The Balaban J connectivity index is 2.55. The fourth-order valence-electron chi connectivity index (χ4n) is 2.51. The minimum Gasteiger partial charge on any atom is -0.481 e. The van der Waals surface area contributed by atoms with E-state index in [2.05, 4.69) is 5.32 Å². The molecular weight excluding hydrogens is 368 g/mol. The van der Waals surface area contributed by atoms with Crippen molar-refractivity contribution in [1.82, 2.24) is 9.62 Å². The molecule has 7 nitrogen and oxygen atoms in total. The van der Waals surface area contributed by atoms with Crippen molar-refractivity contribution in [2.24, 2.45) is 5.41 Å². The van der Waals surface area contributed by atoms with Gasteiger partial charge in [0.05, 0.1) is 10.3 Å². The molecular formula is C19H30N2O5S. The number of carbonyl (C=O) groups excluding carboxylic acids is 1. The van der Waals surface area contributed by atoms with Crippen molar-refractivity contribution in [2.45, 2.75) is 51.9 Å². The van der Waals surface area contributed by atoms with E-state index in [9.17, 15) is 18.0 Å².